The molecule has 0 unspecified atom stereocenters. The maximum Gasteiger partial charge on any atom is 0.276 e. The van der Waals surface area contributed by atoms with Crippen LogP contribution in [0, 0.1) is 0 Å². The third-order valence-corrected chi connectivity index (χ3v) is 5.41. The van der Waals surface area contributed by atoms with Crippen LogP contribution < -0.4 is 9.57 Å². The van der Waals surface area contributed by atoms with Crippen LogP contribution in [0.15, 0.2) is 75.1 Å². The molecule has 3 rings (SSSR count). The number of ether oxygens (including phenoxy) is 1. The molecule has 1 N–H and O–H groups in total. The summed E-state index contributed by atoms with van der Waals surface area (Å²) < 4.78 is 30.7. The van der Waals surface area contributed by atoms with Crippen LogP contribution in [-0.2, 0) is 10.0 Å². The van der Waals surface area contributed by atoms with Crippen LogP contribution in [-0.4, -0.2) is 21.7 Å². The Kier molecular flexibility index (Phi) is 5.06. The van der Waals surface area contributed by atoms with E-state index in [1.54, 1.807) is 19.2 Å². The number of hydrogen-bond donors (Lipinski definition) is 1. The standard InChI is InChI=1S/C18H15BrN2O3S/c1-24-18-11-6-13-4-2-3-5-16(13)17(18)12-20-21-25(22,23)15-9-7-14(19)8-10-15/h2-12,21H,1H3. The molecule has 0 fully saturated rings. The second-order valence-corrected chi connectivity index (χ2v) is 7.79. The molecule has 3 aromatic carbocycles. The summed E-state index contributed by atoms with van der Waals surface area (Å²) in [6.45, 7) is 0. The minimum atomic E-state index is -3.73. The summed E-state index contributed by atoms with van der Waals surface area (Å²) in [6, 6.07) is 17.8. The van der Waals surface area contributed by atoms with Gasteiger partial charge in [-0.15, -0.1) is 0 Å². The van der Waals surface area contributed by atoms with E-state index in [0.717, 1.165) is 15.2 Å². The molecule has 0 amide bonds. The Morgan fingerprint density at radius 1 is 1.04 bits per heavy atom. The summed E-state index contributed by atoms with van der Waals surface area (Å²) in [7, 11) is -2.17. The third-order valence-electron chi connectivity index (χ3n) is 3.64. The molecule has 3 aromatic rings. The highest BCUT2D eigenvalue weighted by atomic mass is 79.9. The van der Waals surface area contributed by atoms with Gasteiger partial charge in [-0.05, 0) is 41.1 Å². The summed E-state index contributed by atoms with van der Waals surface area (Å²) in [6.07, 6.45) is 1.46. The highest BCUT2D eigenvalue weighted by Gasteiger charge is 2.12. The third kappa shape index (κ3) is 3.83. The van der Waals surface area contributed by atoms with E-state index in [0.29, 0.717) is 11.3 Å². The van der Waals surface area contributed by atoms with E-state index < -0.39 is 10.0 Å². The minimum Gasteiger partial charge on any atom is -0.496 e. The fourth-order valence-corrected chi connectivity index (χ4v) is 3.47. The average Bonchev–Trinajstić information content (AvgIpc) is 2.62. The van der Waals surface area contributed by atoms with Gasteiger partial charge in [0.25, 0.3) is 10.0 Å². The van der Waals surface area contributed by atoms with E-state index in [1.165, 1.54) is 18.3 Å². The fourth-order valence-electron chi connectivity index (χ4n) is 2.41. The zero-order valence-electron chi connectivity index (χ0n) is 13.3. The highest BCUT2D eigenvalue weighted by Crippen LogP contribution is 2.26. The van der Waals surface area contributed by atoms with Crippen LogP contribution in [0.4, 0.5) is 0 Å². The van der Waals surface area contributed by atoms with Crippen molar-refractivity contribution in [2.75, 3.05) is 7.11 Å². The Hall–Kier alpha value is -2.38. The molecule has 128 valence electrons. The number of hydrazone groups is 1. The number of benzene rings is 3. The number of rotatable bonds is 5. The first-order valence-electron chi connectivity index (χ1n) is 7.37. The summed E-state index contributed by atoms with van der Waals surface area (Å²) in [5.41, 5.74) is 0.708. The number of halogens is 1. The van der Waals surface area contributed by atoms with Crippen molar-refractivity contribution < 1.29 is 13.2 Å². The first-order valence-corrected chi connectivity index (χ1v) is 9.65. The van der Waals surface area contributed by atoms with Crippen molar-refractivity contribution >= 4 is 42.9 Å². The molecular formula is C18H15BrN2O3S. The van der Waals surface area contributed by atoms with Gasteiger partial charge >= 0.3 is 0 Å². The maximum atomic E-state index is 12.3. The summed E-state index contributed by atoms with van der Waals surface area (Å²) in [5.74, 6) is 0.616. The Balaban J connectivity index is 1.92. The van der Waals surface area contributed by atoms with Gasteiger partial charge in [0.15, 0.2) is 0 Å². The lowest BCUT2D eigenvalue weighted by atomic mass is 10.0. The van der Waals surface area contributed by atoms with Crippen LogP contribution in [0.5, 0.6) is 5.75 Å². The summed E-state index contributed by atoms with van der Waals surface area (Å²) in [4.78, 5) is 2.37. The van der Waals surface area contributed by atoms with Gasteiger partial charge in [0.05, 0.1) is 18.2 Å². The first kappa shape index (κ1) is 17.4. The van der Waals surface area contributed by atoms with E-state index in [1.807, 2.05) is 36.4 Å². The van der Waals surface area contributed by atoms with Gasteiger partial charge in [-0.1, -0.05) is 46.3 Å². The molecule has 0 saturated carbocycles. The normalized spacial score (nSPS) is 11.8. The Morgan fingerprint density at radius 3 is 2.48 bits per heavy atom. The summed E-state index contributed by atoms with van der Waals surface area (Å²) >= 11 is 3.28. The molecule has 25 heavy (non-hydrogen) atoms. The van der Waals surface area contributed by atoms with E-state index >= 15 is 0 Å². The lowest BCUT2D eigenvalue weighted by Crippen LogP contribution is -2.18. The smallest absolute Gasteiger partial charge is 0.276 e. The van der Waals surface area contributed by atoms with E-state index in [4.69, 9.17) is 4.74 Å². The zero-order valence-corrected chi connectivity index (χ0v) is 15.7. The quantitative estimate of drug-likeness (QED) is 0.504. The number of hydrogen-bond acceptors (Lipinski definition) is 4. The van der Waals surface area contributed by atoms with Crippen LogP contribution in [0.1, 0.15) is 5.56 Å². The van der Waals surface area contributed by atoms with Gasteiger partial charge < -0.3 is 4.74 Å². The van der Waals surface area contributed by atoms with Gasteiger partial charge in [-0.25, -0.2) is 4.83 Å². The second kappa shape index (κ2) is 7.25. The minimum absolute atomic E-state index is 0.137. The number of nitrogens with one attached hydrogen (secondary N) is 1. The molecule has 0 heterocycles. The van der Waals surface area contributed by atoms with Crippen molar-refractivity contribution in [1.29, 1.82) is 0 Å². The molecule has 0 radical (unpaired) electrons. The van der Waals surface area contributed by atoms with Crippen molar-refractivity contribution in [2.24, 2.45) is 5.10 Å². The van der Waals surface area contributed by atoms with Crippen molar-refractivity contribution in [3.63, 3.8) is 0 Å². The summed E-state index contributed by atoms with van der Waals surface area (Å²) in [5, 5.41) is 5.86. The van der Waals surface area contributed by atoms with Gasteiger partial charge in [0.2, 0.25) is 0 Å². The molecule has 0 aliphatic rings. The molecule has 0 atom stereocenters. The largest absolute Gasteiger partial charge is 0.496 e. The topological polar surface area (TPSA) is 67.8 Å². The van der Waals surface area contributed by atoms with E-state index in [9.17, 15) is 8.42 Å². The maximum absolute atomic E-state index is 12.3. The van der Waals surface area contributed by atoms with Gasteiger partial charge in [0.1, 0.15) is 5.75 Å². The predicted octanol–water partition coefficient (Wildman–Crippen LogP) is 3.92. The van der Waals surface area contributed by atoms with Crippen molar-refractivity contribution in [1.82, 2.24) is 4.83 Å². The zero-order chi connectivity index (χ0) is 17.9. The molecule has 7 heteroatoms. The number of methoxy groups -OCH3 is 1. The van der Waals surface area contributed by atoms with E-state index in [2.05, 4.69) is 25.9 Å². The van der Waals surface area contributed by atoms with Crippen molar-refractivity contribution in [2.45, 2.75) is 4.90 Å². The average molecular weight is 419 g/mol. The van der Waals surface area contributed by atoms with Gasteiger partial charge in [0, 0.05) is 10.0 Å². The number of fused-ring (bicyclic) bond motifs is 1. The van der Waals surface area contributed by atoms with Crippen molar-refractivity contribution in [3.8, 4) is 5.75 Å². The molecule has 0 saturated heterocycles. The molecular weight excluding hydrogens is 404 g/mol. The van der Waals surface area contributed by atoms with Crippen molar-refractivity contribution in [3.05, 3.63) is 70.7 Å². The van der Waals surface area contributed by atoms with Crippen LogP contribution in [0.3, 0.4) is 0 Å². The second-order valence-electron chi connectivity index (χ2n) is 5.21. The lowest BCUT2D eigenvalue weighted by Gasteiger charge is -2.08. The molecule has 0 spiro atoms. The van der Waals surface area contributed by atoms with Crippen LogP contribution in [0.2, 0.25) is 0 Å². The predicted molar refractivity (Wildman–Crippen MR) is 103 cm³/mol. The SMILES string of the molecule is COc1ccc2ccccc2c1C=NNS(=O)(=O)c1ccc(Br)cc1. The Labute approximate surface area is 154 Å². The Bertz CT molecular complexity index is 1030. The molecule has 0 aliphatic heterocycles. The van der Waals surface area contributed by atoms with Crippen LogP contribution in [0.25, 0.3) is 10.8 Å². The monoisotopic (exact) mass is 418 g/mol. The molecule has 0 aromatic heterocycles. The number of nitrogens with zero attached hydrogens (tertiary/aromatic N) is 1. The van der Waals surface area contributed by atoms with E-state index in [-0.39, 0.29) is 4.90 Å². The molecule has 0 aliphatic carbocycles. The van der Waals surface area contributed by atoms with Crippen LogP contribution >= 0.6 is 15.9 Å². The fraction of sp³-hybridized carbons (Fsp3) is 0.0556. The lowest BCUT2D eigenvalue weighted by molar-refractivity contribution is 0.415. The number of sulfonamides is 1. The molecule has 0 bridgehead atoms. The van der Waals surface area contributed by atoms with Gasteiger partial charge in [-0.2, -0.15) is 13.5 Å². The molecule has 5 nitrogen and oxygen atoms in total. The Morgan fingerprint density at radius 2 is 1.76 bits per heavy atom. The highest BCUT2D eigenvalue weighted by molar-refractivity contribution is 9.10. The van der Waals surface area contributed by atoms with Gasteiger partial charge in [-0.3, -0.25) is 0 Å². The first-order chi connectivity index (χ1) is 12.0.